The predicted octanol–water partition coefficient (Wildman–Crippen LogP) is 8.54. The molecular formula is C38H30N3P. The van der Waals surface area contributed by atoms with Gasteiger partial charge in [0.05, 0.1) is 11.4 Å². The van der Waals surface area contributed by atoms with E-state index in [0.717, 1.165) is 28.3 Å². The van der Waals surface area contributed by atoms with Crippen LogP contribution in [0.25, 0.3) is 44.7 Å². The van der Waals surface area contributed by atoms with E-state index < -0.39 is 7.92 Å². The van der Waals surface area contributed by atoms with Gasteiger partial charge in [-0.15, -0.1) is 0 Å². The zero-order chi connectivity index (χ0) is 28.3. The number of aromatic nitrogens is 3. The highest BCUT2D eigenvalue weighted by Crippen LogP contribution is 2.42. The van der Waals surface area contributed by atoms with Crippen LogP contribution in [0.5, 0.6) is 0 Å². The van der Waals surface area contributed by atoms with Gasteiger partial charge in [0.2, 0.25) is 0 Å². The van der Waals surface area contributed by atoms with Crippen molar-refractivity contribution in [3.8, 4) is 33.9 Å². The summed E-state index contributed by atoms with van der Waals surface area (Å²) in [6, 6.07) is 49.6. The van der Waals surface area contributed by atoms with Crippen molar-refractivity contribution in [3.05, 3.63) is 157 Å². The number of pyridine rings is 1. The Bertz CT molecular complexity index is 1950. The first-order chi connectivity index (χ1) is 20.8. The van der Waals surface area contributed by atoms with Gasteiger partial charge in [0.25, 0.3) is 0 Å². The quantitative estimate of drug-likeness (QED) is 0.183. The topological polar surface area (TPSA) is 30.7 Å². The van der Waals surface area contributed by atoms with E-state index in [-0.39, 0.29) is 0 Å². The molecule has 0 radical (unpaired) electrons. The van der Waals surface area contributed by atoms with E-state index in [1.54, 1.807) is 0 Å². The Morgan fingerprint density at radius 1 is 0.619 bits per heavy atom. The molecule has 0 N–H and O–H groups in total. The van der Waals surface area contributed by atoms with Gasteiger partial charge in [0.15, 0.2) is 0 Å². The minimum atomic E-state index is -0.632. The molecule has 7 rings (SSSR count). The van der Waals surface area contributed by atoms with Gasteiger partial charge in [-0.3, -0.25) is 4.98 Å². The summed E-state index contributed by atoms with van der Waals surface area (Å²) in [5.74, 6) is 0.988. The van der Waals surface area contributed by atoms with Crippen LogP contribution < -0.4 is 10.6 Å². The average molecular weight is 560 g/mol. The lowest BCUT2D eigenvalue weighted by molar-refractivity contribution is 0.814. The second kappa shape index (κ2) is 11.6. The maximum atomic E-state index is 5.57. The van der Waals surface area contributed by atoms with Crippen molar-refractivity contribution in [2.75, 3.05) is 6.66 Å². The maximum absolute atomic E-state index is 5.57. The minimum Gasteiger partial charge on any atom is -0.319 e. The Labute approximate surface area is 247 Å². The Morgan fingerprint density at radius 2 is 1.24 bits per heavy atom. The van der Waals surface area contributed by atoms with Crippen molar-refractivity contribution in [1.29, 1.82) is 0 Å². The lowest BCUT2D eigenvalue weighted by atomic mass is 10.0. The molecule has 0 aliphatic heterocycles. The zero-order valence-electron chi connectivity index (χ0n) is 23.4. The minimum absolute atomic E-state index is 0.632. The number of hydrogen-bond acceptors (Lipinski definition) is 2. The Morgan fingerprint density at radius 3 is 1.95 bits per heavy atom. The molecular weight excluding hydrogens is 529 g/mol. The molecule has 202 valence electrons. The summed E-state index contributed by atoms with van der Waals surface area (Å²) in [6.07, 6.45) is 3.74. The van der Waals surface area contributed by atoms with Crippen LogP contribution in [-0.2, 0) is 6.54 Å². The van der Waals surface area contributed by atoms with Gasteiger partial charge in [-0.05, 0) is 53.7 Å². The van der Waals surface area contributed by atoms with E-state index in [4.69, 9.17) is 4.98 Å². The number of nitrogens with zero attached hydrogens (tertiary/aromatic N) is 3. The van der Waals surface area contributed by atoms with Crippen LogP contribution in [0.1, 0.15) is 5.56 Å². The summed E-state index contributed by atoms with van der Waals surface area (Å²) < 4.78 is 2.42. The summed E-state index contributed by atoms with van der Waals surface area (Å²) in [4.78, 5) is 9.86. The van der Waals surface area contributed by atoms with E-state index in [1.807, 2.05) is 12.4 Å². The standard InChI is InChI=1S/C38H30N3P/c1-42(32-18-9-4-10-19-32)34-22-21-29-13-11-12-20-33(29)35(34)38-40-36(30-14-5-2-6-15-30)37(31-16-7-3-8-17-31)41(38)27-28-23-25-39-26-24-28/h2-26H,27H2,1H3. The molecule has 7 aromatic rings. The van der Waals surface area contributed by atoms with Crippen molar-refractivity contribution in [1.82, 2.24) is 14.5 Å². The van der Waals surface area contributed by atoms with E-state index in [2.05, 4.69) is 156 Å². The number of benzene rings is 5. The molecule has 0 amide bonds. The zero-order valence-corrected chi connectivity index (χ0v) is 24.3. The molecule has 1 unspecified atom stereocenters. The Kier molecular flexibility index (Phi) is 7.18. The van der Waals surface area contributed by atoms with Crippen LogP contribution in [0.2, 0.25) is 0 Å². The van der Waals surface area contributed by atoms with Crippen molar-refractivity contribution in [2.24, 2.45) is 0 Å². The monoisotopic (exact) mass is 559 g/mol. The molecule has 5 aromatic carbocycles. The Hall–Kier alpha value is -4.85. The van der Waals surface area contributed by atoms with Crippen LogP contribution >= 0.6 is 7.92 Å². The molecule has 0 bridgehead atoms. The van der Waals surface area contributed by atoms with Gasteiger partial charge in [-0.2, -0.15) is 0 Å². The van der Waals surface area contributed by atoms with Gasteiger partial charge < -0.3 is 4.57 Å². The lowest BCUT2D eigenvalue weighted by Crippen LogP contribution is -2.16. The lowest BCUT2D eigenvalue weighted by Gasteiger charge is -2.21. The fourth-order valence-electron chi connectivity index (χ4n) is 5.72. The van der Waals surface area contributed by atoms with Crippen molar-refractivity contribution >= 4 is 29.3 Å². The van der Waals surface area contributed by atoms with E-state index >= 15 is 0 Å². The summed E-state index contributed by atoms with van der Waals surface area (Å²) in [7, 11) is -0.632. The van der Waals surface area contributed by atoms with E-state index in [9.17, 15) is 0 Å². The molecule has 1 atom stereocenters. The van der Waals surface area contributed by atoms with Gasteiger partial charge >= 0.3 is 0 Å². The fourth-order valence-corrected chi connectivity index (χ4v) is 7.47. The van der Waals surface area contributed by atoms with Gasteiger partial charge in [0, 0.05) is 35.6 Å². The van der Waals surface area contributed by atoms with Crippen LogP contribution in [-0.4, -0.2) is 21.2 Å². The van der Waals surface area contributed by atoms with Gasteiger partial charge in [0.1, 0.15) is 5.82 Å². The van der Waals surface area contributed by atoms with Crippen LogP contribution in [0.3, 0.4) is 0 Å². The third-order valence-corrected chi connectivity index (χ3v) is 9.96. The highest BCUT2D eigenvalue weighted by molar-refractivity contribution is 7.72. The third-order valence-electron chi connectivity index (χ3n) is 7.79. The van der Waals surface area contributed by atoms with Crippen LogP contribution in [0.4, 0.5) is 0 Å². The average Bonchev–Trinajstić information content (AvgIpc) is 3.44. The number of hydrogen-bond donors (Lipinski definition) is 0. The van der Waals surface area contributed by atoms with E-state index in [1.165, 1.54) is 32.5 Å². The molecule has 0 spiro atoms. The fraction of sp³-hybridized carbons (Fsp3) is 0.0526. The molecule has 2 aromatic heterocycles. The van der Waals surface area contributed by atoms with Crippen molar-refractivity contribution < 1.29 is 0 Å². The molecule has 42 heavy (non-hydrogen) atoms. The molecule has 0 saturated heterocycles. The van der Waals surface area contributed by atoms with Gasteiger partial charge in [-0.25, -0.2) is 4.98 Å². The first-order valence-corrected chi connectivity index (χ1v) is 16.0. The highest BCUT2D eigenvalue weighted by Gasteiger charge is 2.26. The predicted molar refractivity (Wildman–Crippen MR) is 178 cm³/mol. The largest absolute Gasteiger partial charge is 0.319 e. The van der Waals surface area contributed by atoms with Crippen molar-refractivity contribution in [2.45, 2.75) is 6.54 Å². The molecule has 2 heterocycles. The summed E-state index contributed by atoms with van der Waals surface area (Å²) >= 11 is 0. The highest BCUT2D eigenvalue weighted by atomic mass is 31.1. The Balaban J connectivity index is 1.58. The molecule has 0 aliphatic rings. The smallest absolute Gasteiger partial charge is 0.142 e. The number of imidazole rings is 1. The summed E-state index contributed by atoms with van der Waals surface area (Å²) in [5, 5.41) is 5.12. The molecule has 3 nitrogen and oxygen atoms in total. The van der Waals surface area contributed by atoms with Gasteiger partial charge in [-0.1, -0.05) is 127 Å². The maximum Gasteiger partial charge on any atom is 0.142 e. The normalized spacial score (nSPS) is 11.9. The molecule has 0 aliphatic carbocycles. The van der Waals surface area contributed by atoms with E-state index in [0.29, 0.717) is 6.54 Å². The van der Waals surface area contributed by atoms with Crippen LogP contribution in [0.15, 0.2) is 152 Å². The first kappa shape index (κ1) is 26.1. The summed E-state index contributed by atoms with van der Waals surface area (Å²) in [5.41, 5.74) is 6.75. The SMILES string of the molecule is CP(c1ccccc1)c1ccc2ccccc2c1-c1nc(-c2ccccc2)c(-c2ccccc2)n1Cc1ccncc1. The number of rotatable bonds is 7. The first-order valence-electron chi connectivity index (χ1n) is 14.2. The molecule has 4 heteroatoms. The molecule has 0 saturated carbocycles. The molecule has 0 fully saturated rings. The van der Waals surface area contributed by atoms with Crippen LogP contribution in [0, 0.1) is 0 Å². The second-order valence-corrected chi connectivity index (χ2v) is 12.5. The third kappa shape index (κ3) is 4.93. The second-order valence-electron chi connectivity index (χ2n) is 10.4. The van der Waals surface area contributed by atoms with Crippen molar-refractivity contribution in [3.63, 3.8) is 0 Å². The summed E-state index contributed by atoms with van der Waals surface area (Å²) in [6.45, 7) is 3.04. The number of fused-ring (bicyclic) bond motifs is 1.